The van der Waals surface area contributed by atoms with Gasteiger partial charge in [-0.1, -0.05) is 0 Å². The molecule has 20 heavy (non-hydrogen) atoms. The molecule has 3 rings (SSSR count). The van der Waals surface area contributed by atoms with E-state index in [-0.39, 0.29) is 0 Å². The molecule has 0 saturated heterocycles. The van der Waals surface area contributed by atoms with Crippen LogP contribution in [0.1, 0.15) is 5.56 Å². The van der Waals surface area contributed by atoms with Crippen molar-refractivity contribution in [2.75, 3.05) is 0 Å². The van der Waals surface area contributed by atoms with Crippen LogP contribution in [-0.4, -0.2) is 14.7 Å². The number of hydrogen-bond donors (Lipinski definition) is 0. The zero-order valence-electron chi connectivity index (χ0n) is 11.5. The molecule has 0 radical (unpaired) electrons. The van der Waals surface area contributed by atoms with E-state index in [1.54, 1.807) is 0 Å². The summed E-state index contributed by atoms with van der Waals surface area (Å²) in [5, 5.41) is 0. The molecule has 3 aromatic rings. The summed E-state index contributed by atoms with van der Waals surface area (Å²) in [5.41, 5.74) is 1.32. The van der Waals surface area contributed by atoms with Gasteiger partial charge in [-0.05, 0) is 0 Å². The predicted octanol–water partition coefficient (Wildman–Crippen LogP) is 2.51. The van der Waals surface area contributed by atoms with Crippen molar-refractivity contribution in [3.05, 3.63) is 90.5 Å². The summed E-state index contributed by atoms with van der Waals surface area (Å²) in [6, 6.07) is 30.9. The molecule has 0 bridgehead atoms. The minimum absolute atomic E-state index is 1.32. The van der Waals surface area contributed by atoms with Crippen LogP contribution in [0.3, 0.4) is 0 Å². The van der Waals surface area contributed by atoms with Crippen LogP contribution in [0.2, 0.25) is 0 Å². The molecule has 0 unspecified atom stereocenters. The topological polar surface area (TPSA) is 0 Å². The Kier molecular flexibility index (Phi) is 4.04. The van der Waals surface area contributed by atoms with E-state index in [1.165, 1.54) is 18.6 Å². The van der Waals surface area contributed by atoms with E-state index in [9.17, 15) is 0 Å². The van der Waals surface area contributed by atoms with Crippen LogP contribution in [0.25, 0.3) is 0 Å². The molecular weight excluding hydrogens is 303 g/mol. The Bertz CT molecular complexity index is 618. The Hall–Kier alpha value is -1.78. The minimum atomic E-state index is -1.41. The first-order valence-corrected chi connectivity index (χ1v) is 9.63. The number of benzene rings is 3. The Morgan fingerprint density at radius 1 is 0.500 bits per heavy atom. The van der Waals surface area contributed by atoms with Gasteiger partial charge in [-0.3, -0.25) is 0 Å². The molecule has 0 saturated carbocycles. The van der Waals surface area contributed by atoms with Crippen molar-refractivity contribution in [1.82, 2.24) is 0 Å². The van der Waals surface area contributed by atoms with Gasteiger partial charge in [0.2, 0.25) is 0 Å². The standard InChI is InChI=1S/C19H17As/c1-16-12-14-19(15-13-16)20(17-8-4-2-5-9-17)18-10-6-3-7-11-18/h2-15H,1H3. The molecule has 3 aromatic carbocycles. The third kappa shape index (κ3) is 2.86. The molecule has 98 valence electrons. The average molecular weight is 320 g/mol. The van der Waals surface area contributed by atoms with E-state index in [4.69, 9.17) is 0 Å². The van der Waals surface area contributed by atoms with Crippen molar-refractivity contribution >= 4 is 27.7 Å². The van der Waals surface area contributed by atoms with Crippen LogP contribution >= 0.6 is 0 Å². The molecule has 0 fully saturated rings. The molecule has 0 heterocycles. The molecule has 0 amide bonds. The summed E-state index contributed by atoms with van der Waals surface area (Å²) in [7, 11) is 0. The monoisotopic (exact) mass is 320 g/mol. The Morgan fingerprint density at radius 2 is 0.900 bits per heavy atom. The van der Waals surface area contributed by atoms with Gasteiger partial charge in [0.15, 0.2) is 0 Å². The molecule has 0 N–H and O–H groups in total. The first-order valence-electron chi connectivity index (χ1n) is 6.81. The van der Waals surface area contributed by atoms with E-state index in [0.29, 0.717) is 0 Å². The summed E-state index contributed by atoms with van der Waals surface area (Å²) >= 11 is -1.41. The number of rotatable bonds is 3. The summed E-state index contributed by atoms with van der Waals surface area (Å²) < 4.78 is 4.45. The Balaban J connectivity index is 2.11. The van der Waals surface area contributed by atoms with Gasteiger partial charge in [0.05, 0.1) is 0 Å². The van der Waals surface area contributed by atoms with Crippen LogP contribution in [0.15, 0.2) is 84.9 Å². The van der Waals surface area contributed by atoms with Crippen LogP contribution in [0.5, 0.6) is 0 Å². The quantitative estimate of drug-likeness (QED) is 0.651. The molecule has 0 aliphatic carbocycles. The fraction of sp³-hybridized carbons (Fsp3) is 0.0526. The molecule has 0 nitrogen and oxygen atoms in total. The van der Waals surface area contributed by atoms with E-state index in [0.717, 1.165) is 0 Å². The molecular formula is C19H17As. The maximum absolute atomic E-state index is 2.30. The van der Waals surface area contributed by atoms with Gasteiger partial charge in [0, 0.05) is 0 Å². The molecule has 1 heteroatoms. The number of hydrogen-bond acceptors (Lipinski definition) is 0. The van der Waals surface area contributed by atoms with Gasteiger partial charge in [-0.2, -0.15) is 0 Å². The van der Waals surface area contributed by atoms with E-state index >= 15 is 0 Å². The van der Waals surface area contributed by atoms with Gasteiger partial charge >= 0.3 is 125 Å². The summed E-state index contributed by atoms with van der Waals surface area (Å²) in [5.74, 6) is 0. The first kappa shape index (κ1) is 13.2. The van der Waals surface area contributed by atoms with E-state index in [1.807, 2.05) is 0 Å². The second-order valence-electron chi connectivity index (χ2n) is 4.84. The van der Waals surface area contributed by atoms with Crippen LogP contribution in [0, 0.1) is 6.92 Å². The summed E-state index contributed by atoms with van der Waals surface area (Å²) in [6.45, 7) is 2.14. The van der Waals surface area contributed by atoms with Crippen molar-refractivity contribution in [3.63, 3.8) is 0 Å². The average Bonchev–Trinajstić information content (AvgIpc) is 2.52. The van der Waals surface area contributed by atoms with Gasteiger partial charge in [-0.25, -0.2) is 0 Å². The van der Waals surface area contributed by atoms with Crippen molar-refractivity contribution in [2.24, 2.45) is 0 Å². The van der Waals surface area contributed by atoms with Gasteiger partial charge in [-0.15, -0.1) is 0 Å². The van der Waals surface area contributed by atoms with Crippen molar-refractivity contribution in [2.45, 2.75) is 6.92 Å². The molecule has 0 aromatic heterocycles. The van der Waals surface area contributed by atoms with E-state index < -0.39 is 14.7 Å². The zero-order chi connectivity index (χ0) is 13.8. The first-order chi connectivity index (χ1) is 9.84. The normalized spacial score (nSPS) is 10.7. The summed E-state index contributed by atoms with van der Waals surface area (Å²) in [4.78, 5) is 0. The maximum atomic E-state index is 2.30. The fourth-order valence-electron chi connectivity index (χ4n) is 2.30. The Morgan fingerprint density at radius 3 is 1.35 bits per heavy atom. The third-order valence-electron chi connectivity index (χ3n) is 3.32. The van der Waals surface area contributed by atoms with Crippen molar-refractivity contribution in [1.29, 1.82) is 0 Å². The van der Waals surface area contributed by atoms with Crippen molar-refractivity contribution in [3.8, 4) is 0 Å². The molecule has 0 spiro atoms. The van der Waals surface area contributed by atoms with Crippen LogP contribution < -0.4 is 13.1 Å². The zero-order valence-corrected chi connectivity index (χ0v) is 13.4. The van der Waals surface area contributed by atoms with Gasteiger partial charge in [0.1, 0.15) is 0 Å². The Labute approximate surface area is 125 Å². The predicted molar refractivity (Wildman–Crippen MR) is 88.7 cm³/mol. The molecule has 0 aliphatic heterocycles. The van der Waals surface area contributed by atoms with Gasteiger partial charge < -0.3 is 0 Å². The van der Waals surface area contributed by atoms with Crippen LogP contribution in [0.4, 0.5) is 0 Å². The molecule has 0 aliphatic rings. The third-order valence-corrected chi connectivity index (χ3v) is 8.45. The SMILES string of the molecule is Cc1ccc([As](c2ccccc2)c2ccccc2)cc1. The van der Waals surface area contributed by atoms with Crippen molar-refractivity contribution < 1.29 is 0 Å². The van der Waals surface area contributed by atoms with Gasteiger partial charge in [0.25, 0.3) is 0 Å². The van der Waals surface area contributed by atoms with E-state index in [2.05, 4.69) is 91.9 Å². The fourth-order valence-corrected chi connectivity index (χ4v) is 7.08. The second kappa shape index (κ2) is 6.11. The summed E-state index contributed by atoms with van der Waals surface area (Å²) in [6.07, 6.45) is 0. The molecule has 0 atom stereocenters. The number of aryl methyl sites for hydroxylation is 1. The van der Waals surface area contributed by atoms with Crippen LogP contribution in [-0.2, 0) is 0 Å². The second-order valence-corrected chi connectivity index (χ2v) is 9.50.